The van der Waals surface area contributed by atoms with Crippen molar-refractivity contribution < 1.29 is 9.53 Å². The quantitative estimate of drug-likeness (QED) is 0.822. The Hall–Kier alpha value is -1.07. The minimum Gasteiger partial charge on any atom is -0.444 e. The Labute approximate surface area is 144 Å². The molecule has 1 unspecified atom stereocenters. The average molecular weight is 339 g/mol. The van der Waals surface area contributed by atoms with Crippen LogP contribution < -0.4 is 5.32 Å². The number of aryl methyl sites for hydroxylation is 2. The van der Waals surface area contributed by atoms with E-state index >= 15 is 0 Å². The number of hydrogen-bond acceptors (Lipinski definition) is 4. The Morgan fingerprint density at radius 3 is 2.78 bits per heavy atom. The number of carbonyl (C=O) groups excluding carboxylic acids is 1. The van der Waals surface area contributed by atoms with Gasteiger partial charge in [-0.1, -0.05) is 0 Å². The van der Waals surface area contributed by atoms with Gasteiger partial charge in [0.15, 0.2) is 0 Å². The van der Waals surface area contributed by atoms with Crippen molar-refractivity contribution in [2.75, 3.05) is 19.6 Å². The fraction of sp³-hybridized carbons (Fsp3) is 0.722. The molecule has 0 spiro atoms. The molecule has 0 saturated carbocycles. The molecule has 0 aromatic carbocycles. The van der Waals surface area contributed by atoms with E-state index < -0.39 is 5.60 Å². The third-order valence-corrected chi connectivity index (χ3v) is 5.13. The summed E-state index contributed by atoms with van der Waals surface area (Å²) in [6.45, 7) is 13.7. The van der Waals surface area contributed by atoms with Crippen LogP contribution in [0.5, 0.6) is 0 Å². The van der Waals surface area contributed by atoms with Crippen LogP contribution in [0.4, 0.5) is 4.79 Å². The molecule has 1 atom stereocenters. The van der Waals surface area contributed by atoms with Gasteiger partial charge in [0.1, 0.15) is 5.60 Å². The highest BCUT2D eigenvalue weighted by molar-refractivity contribution is 7.12. The molecular weight excluding hydrogens is 308 g/mol. The zero-order chi connectivity index (χ0) is 17.0. The molecule has 1 N–H and O–H groups in total. The molecule has 1 aromatic rings. The van der Waals surface area contributed by atoms with Gasteiger partial charge < -0.3 is 15.0 Å². The molecular formula is C18H30N2O2S. The zero-order valence-electron chi connectivity index (χ0n) is 15.1. The zero-order valence-corrected chi connectivity index (χ0v) is 15.9. The van der Waals surface area contributed by atoms with Crippen molar-refractivity contribution in [2.24, 2.45) is 5.92 Å². The highest BCUT2D eigenvalue weighted by Crippen LogP contribution is 2.22. The van der Waals surface area contributed by atoms with E-state index in [4.69, 9.17) is 4.74 Å². The van der Waals surface area contributed by atoms with Gasteiger partial charge in [0.25, 0.3) is 0 Å². The number of likely N-dealkylation sites (tertiary alicyclic amines) is 1. The van der Waals surface area contributed by atoms with Crippen LogP contribution >= 0.6 is 11.3 Å². The predicted octanol–water partition coefficient (Wildman–Crippen LogP) is 4.10. The van der Waals surface area contributed by atoms with Crippen molar-refractivity contribution in [3.05, 3.63) is 21.4 Å². The van der Waals surface area contributed by atoms with Gasteiger partial charge in [0.05, 0.1) is 0 Å². The molecule has 0 aliphatic carbocycles. The molecule has 1 aliphatic heterocycles. The molecule has 0 radical (unpaired) electrons. The maximum absolute atomic E-state index is 12.1. The molecule has 5 heteroatoms. The second-order valence-corrected chi connectivity index (χ2v) is 8.95. The van der Waals surface area contributed by atoms with Gasteiger partial charge in [-0.25, -0.2) is 4.79 Å². The lowest BCUT2D eigenvalue weighted by atomic mass is 10.1. The minimum atomic E-state index is -0.409. The largest absolute Gasteiger partial charge is 0.444 e. The summed E-state index contributed by atoms with van der Waals surface area (Å²) in [5.41, 5.74) is 1.00. The van der Waals surface area contributed by atoms with Crippen molar-refractivity contribution in [2.45, 2.75) is 59.6 Å². The van der Waals surface area contributed by atoms with E-state index in [0.717, 1.165) is 39.0 Å². The van der Waals surface area contributed by atoms with Crippen molar-refractivity contribution >= 4 is 17.4 Å². The first-order valence-corrected chi connectivity index (χ1v) is 9.31. The Morgan fingerprint density at radius 1 is 1.43 bits per heavy atom. The normalized spacial score (nSPS) is 18.5. The summed E-state index contributed by atoms with van der Waals surface area (Å²) in [6, 6.07) is 2.27. The van der Waals surface area contributed by atoms with E-state index in [2.05, 4.69) is 25.2 Å². The monoisotopic (exact) mass is 338 g/mol. The van der Waals surface area contributed by atoms with Crippen LogP contribution in [0.15, 0.2) is 6.07 Å². The Balaban J connectivity index is 1.66. The lowest BCUT2D eigenvalue weighted by Crippen LogP contribution is -2.35. The highest BCUT2D eigenvalue weighted by Gasteiger charge is 2.29. The number of ether oxygens (including phenoxy) is 1. The molecule has 2 heterocycles. The summed E-state index contributed by atoms with van der Waals surface area (Å²) >= 11 is 1.86. The van der Waals surface area contributed by atoms with E-state index in [9.17, 15) is 4.79 Å². The lowest BCUT2D eigenvalue weighted by molar-refractivity contribution is 0.0287. The summed E-state index contributed by atoms with van der Waals surface area (Å²) in [5, 5.41) is 3.54. The number of amides is 1. The lowest BCUT2D eigenvalue weighted by Gasteiger charge is -2.24. The third kappa shape index (κ3) is 5.81. The molecule has 1 amide bonds. The van der Waals surface area contributed by atoms with Crippen LogP contribution in [-0.2, 0) is 11.3 Å². The van der Waals surface area contributed by atoms with E-state index in [0.29, 0.717) is 5.92 Å². The second kappa shape index (κ2) is 7.67. The number of thiophene rings is 1. The molecule has 1 saturated heterocycles. The molecule has 2 rings (SSSR count). The van der Waals surface area contributed by atoms with Crippen LogP contribution in [0.1, 0.15) is 48.9 Å². The van der Waals surface area contributed by atoms with Gasteiger partial charge in [0, 0.05) is 29.4 Å². The van der Waals surface area contributed by atoms with E-state index in [-0.39, 0.29) is 6.09 Å². The van der Waals surface area contributed by atoms with Crippen LogP contribution in [0.25, 0.3) is 0 Å². The smallest absolute Gasteiger partial charge is 0.410 e. The summed E-state index contributed by atoms with van der Waals surface area (Å²) < 4.78 is 5.44. The van der Waals surface area contributed by atoms with Gasteiger partial charge >= 0.3 is 6.09 Å². The topological polar surface area (TPSA) is 41.6 Å². The van der Waals surface area contributed by atoms with E-state index in [1.165, 1.54) is 15.3 Å². The summed E-state index contributed by atoms with van der Waals surface area (Å²) in [5.74, 6) is 0.584. The average Bonchev–Trinajstić information content (AvgIpc) is 3.00. The molecule has 1 fully saturated rings. The first-order valence-electron chi connectivity index (χ1n) is 8.49. The number of hydrogen-bond donors (Lipinski definition) is 1. The number of nitrogens with one attached hydrogen (secondary N) is 1. The standard InChI is InChI=1S/C18H30N2O2S/c1-13-10-16(14(2)23-13)11-19-8-6-15-7-9-20(12-15)17(21)22-18(3,4)5/h10,15,19H,6-9,11-12H2,1-5H3. The fourth-order valence-electron chi connectivity index (χ4n) is 2.95. The molecule has 130 valence electrons. The third-order valence-electron chi connectivity index (χ3n) is 4.13. The SMILES string of the molecule is Cc1cc(CNCCC2CCN(C(=O)OC(C)(C)C)C2)c(C)s1. The Bertz CT molecular complexity index is 534. The summed E-state index contributed by atoms with van der Waals surface area (Å²) in [4.78, 5) is 16.7. The second-order valence-electron chi connectivity index (χ2n) is 7.48. The van der Waals surface area contributed by atoms with Gasteiger partial charge in [-0.15, -0.1) is 11.3 Å². The van der Waals surface area contributed by atoms with Crippen LogP contribution in [0.3, 0.4) is 0 Å². The van der Waals surface area contributed by atoms with Gasteiger partial charge in [0.2, 0.25) is 0 Å². The maximum atomic E-state index is 12.1. The minimum absolute atomic E-state index is 0.169. The molecule has 0 bridgehead atoms. The molecule has 1 aliphatic rings. The van der Waals surface area contributed by atoms with Crippen LogP contribution in [-0.4, -0.2) is 36.2 Å². The number of nitrogens with zero attached hydrogens (tertiary/aromatic N) is 1. The number of rotatable bonds is 5. The van der Waals surface area contributed by atoms with Gasteiger partial charge in [-0.05, 0) is 71.6 Å². The van der Waals surface area contributed by atoms with Crippen LogP contribution in [0.2, 0.25) is 0 Å². The highest BCUT2D eigenvalue weighted by atomic mass is 32.1. The van der Waals surface area contributed by atoms with Crippen molar-refractivity contribution in [1.82, 2.24) is 10.2 Å². The summed E-state index contributed by atoms with van der Waals surface area (Å²) in [6.07, 6.45) is 2.02. The maximum Gasteiger partial charge on any atom is 0.410 e. The van der Waals surface area contributed by atoms with Crippen molar-refractivity contribution in [3.63, 3.8) is 0 Å². The molecule has 23 heavy (non-hydrogen) atoms. The molecule has 4 nitrogen and oxygen atoms in total. The first-order chi connectivity index (χ1) is 10.7. The number of carbonyl (C=O) groups is 1. The van der Waals surface area contributed by atoms with E-state index in [1.54, 1.807) is 0 Å². The summed E-state index contributed by atoms with van der Waals surface area (Å²) in [7, 11) is 0. The Kier molecular flexibility index (Phi) is 6.09. The molecule has 1 aromatic heterocycles. The van der Waals surface area contributed by atoms with Gasteiger partial charge in [-0.2, -0.15) is 0 Å². The van der Waals surface area contributed by atoms with Crippen molar-refractivity contribution in [3.8, 4) is 0 Å². The van der Waals surface area contributed by atoms with Crippen molar-refractivity contribution in [1.29, 1.82) is 0 Å². The van der Waals surface area contributed by atoms with Gasteiger partial charge in [-0.3, -0.25) is 0 Å². The predicted molar refractivity (Wildman–Crippen MR) is 96.0 cm³/mol. The van der Waals surface area contributed by atoms with Crippen LogP contribution in [0, 0.1) is 19.8 Å². The fourth-order valence-corrected chi connectivity index (χ4v) is 3.90. The first kappa shape index (κ1) is 18.3. The van der Waals surface area contributed by atoms with E-state index in [1.807, 2.05) is 37.0 Å². The Morgan fingerprint density at radius 2 is 2.17 bits per heavy atom.